The second-order valence-electron chi connectivity index (χ2n) is 5.83. The van der Waals surface area contributed by atoms with E-state index in [0.717, 1.165) is 16.9 Å². The summed E-state index contributed by atoms with van der Waals surface area (Å²) in [7, 11) is 0.807. The van der Waals surface area contributed by atoms with E-state index in [1.807, 2.05) is 54.6 Å². The fraction of sp³-hybridized carbons (Fsp3) is 0.286. The minimum atomic E-state index is -0.911. The SMILES string of the molecule is C=CCOc1ccccc1CNC(=NC)NCCS(=O)Cc1ccccc1. The molecule has 0 fully saturated rings. The molecule has 0 aliphatic heterocycles. The lowest BCUT2D eigenvalue weighted by Gasteiger charge is -2.14. The molecule has 2 aromatic carbocycles. The summed E-state index contributed by atoms with van der Waals surface area (Å²) in [6.07, 6.45) is 1.72. The lowest BCUT2D eigenvalue weighted by Crippen LogP contribution is -2.38. The molecule has 6 heteroatoms. The van der Waals surface area contributed by atoms with Gasteiger partial charge < -0.3 is 15.4 Å². The third kappa shape index (κ3) is 7.66. The summed E-state index contributed by atoms with van der Waals surface area (Å²) in [5.74, 6) is 2.63. The number of para-hydroxylation sites is 1. The molecule has 0 bridgehead atoms. The molecular formula is C21H27N3O2S. The summed E-state index contributed by atoms with van der Waals surface area (Å²) in [4.78, 5) is 4.21. The van der Waals surface area contributed by atoms with Gasteiger partial charge in [0.15, 0.2) is 5.96 Å². The molecule has 0 aliphatic rings. The summed E-state index contributed by atoms with van der Waals surface area (Å²) >= 11 is 0. The van der Waals surface area contributed by atoms with Gasteiger partial charge in [-0.1, -0.05) is 61.2 Å². The van der Waals surface area contributed by atoms with E-state index in [1.54, 1.807) is 13.1 Å². The van der Waals surface area contributed by atoms with Crippen LogP contribution in [0.3, 0.4) is 0 Å². The van der Waals surface area contributed by atoms with Gasteiger partial charge in [-0.25, -0.2) is 0 Å². The first-order valence-corrected chi connectivity index (χ1v) is 10.4. The first-order chi connectivity index (χ1) is 13.2. The van der Waals surface area contributed by atoms with Crippen molar-refractivity contribution >= 4 is 16.8 Å². The first kappa shape index (κ1) is 20.7. The highest BCUT2D eigenvalue weighted by molar-refractivity contribution is 7.84. The molecule has 2 aromatic rings. The van der Waals surface area contributed by atoms with E-state index >= 15 is 0 Å². The molecule has 0 aliphatic carbocycles. The Balaban J connectivity index is 1.76. The number of nitrogens with one attached hydrogen (secondary N) is 2. The Kier molecular flexibility index (Phi) is 9.13. The van der Waals surface area contributed by atoms with E-state index < -0.39 is 10.8 Å². The second kappa shape index (κ2) is 11.9. The quantitative estimate of drug-likeness (QED) is 0.375. The number of rotatable bonds is 10. The van der Waals surface area contributed by atoms with Gasteiger partial charge in [0.25, 0.3) is 0 Å². The van der Waals surface area contributed by atoms with Crippen LogP contribution < -0.4 is 15.4 Å². The molecule has 1 unspecified atom stereocenters. The van der Waals surface area contributed by atoms with Crippen LogP contribution in [0.5, 0.6) is 5.75 Å². The average molecular weight is 386 g/mol. The molecule has 144 valence electrons. The number of nitrogens with zero attached hydrogens (tertiary/aromatic N) is 1. The van der Waals surface area contributed by atoms with Crippen LogP contribution in [0.2, 0.25) is 0 Å². The van der Waals surface area contributed by atoms with Gasteiger partial charge in [-0.15, -0.1) is 0 Å². The van der Waals surface area contributed by atoms with Crippen LogP contribution in [0.1, 0.15) is 11.1 Å². The van der Waals surface area contributed by atoms with Gasteiger partial charge in [0.2, 0.25) is 0 Å². The largest absolute Gasteiger partial charge is 0.489 e. The fourth-order valence-electron chi connectivity index (χ4n) is 2.45. The summed E-state index contributed by atoms with van der Waals surface area (Å²) in [5, 5.41) is 6.47. The number of hydrogen-bond acceptors (Lipinski definition) is 3. The first-order valence-electron chi connectivity index (χ1n) is 8.88. The van der Waals surface area contributed by atoms with Gasteiger partial charge in [-0.3, -0.25) is 9.20 Å². The summed E-state index contributed by atoms with van der Waals surface area (Å²) in [6, 6.07) is 17.7. The molecule has 0 radical (unpaired) electrons. The lowest BCUT2D eigenvalue weighted by molar-refractivity contribution is 0.358. The molecule has 0 spiro atoms. The van der Waals surface area contributed by atoms with Crippen molar-refractivity contribution in [2.45, 2.75) is 12.3 Å². The Morgan fingerprint density at radius 1 is 1.15 bits per heavy atom. The van der Waals surface area contributed by atoms with Crippen molar-refractivity contribution in [3.05, 3.63) is 78.4 Å². The normalized spacial score (nSPS) is 12.3. The predicted molar refractivity (Wildman–Crippen MR) is 113 cm³/mol. The van der Waals surface area contributed by atoms with Crippen molar-refractivity contribution < 1.29 is 8.95 Å². The maximum atomic E-state index is 12.2. The molecule has 0 aromatic heterocycles. The zero-order chi connectivity index (χ0) is 19.3. The summed E-state index contributed by atoms with van der Waals surface area (Å²) < 4.78 is 17.9. The Morgan fingerprint density at radius 2 is 1.89 bits per heavy atom. The molecule has 2 rings (SSSR count). The third-order valence-electron chi connectivity index (χ3n) is 3.79. The van der Waals surface area contributed by atoms with E-state index in [1.165, 1.54) is 0 Å². The number of guanidine groups is 1. The van der Waals surface area contributed by atoms with Gasteiger partial charge in [-0.2, -0.15) is 0 Å². The number of aliphatic imine (C=N–C) groups is 1. The van der Waals surface area contributed by atoms with Crippen LogP contribution in [-0.4, -0.2) is 36.1 Å². The zero-order valence-electron chi connectivity index (χ0n) is 15.7. The molecule has 0 saturated heterocycles. The number of hydrogen-bond donors (Lipinski definition) is 2. The van der Waals surface area contributed by atoms with E-state index in [-0.39, 0.29) is 0 Å². The minimum absolute atomic E-state index is 0.469. The lowest BCUT2D eigenvalue weighted by atomic mass is 10.2. The van der Waals surface area contributed by atoms with Crippen molar-refractivity contribution in [1.82, 2.24) is 10.6 Å². The maximum absolute atomic E-state index is 12.2. The topological polar surface area (TPSA) is 62.7 Å². The van der Waals surface area contributed by atoms with E-state index in [0.29, 0.717) is 37.2 Å². The van der Waals surface area contributed by atoms with E-state index in [2.05, 4.69) is 22.2 Å². The van der Waals surface area contributed by atoms with Crippen molar-refractivity contribution in [1.29, 1.82) is 0 Å². The Morgan fingerprint density at radius 3 is 2.63 bits per heavy atom. The molecule has 1 atom stereocenters. The highest BCUT2D eigenvalue weighted by Gasteiger charge is 2.05. The van der Waals surface area contributed by atoms with Crippen molar-refractivity contribution in [2.75, 3.05) is 26.0 Å². The van der Waals surface area contributed by atoms with E-state index in [9.17, 15) is 4.21 Å². The van der Waals surface area contributed by atoms with Gasteiger partial charge in [0, 0.05) is 48.0 Å². The maximum Gasteiger partial charge on any atom is 0.191 e. The third-order valence-corrected chi connectivity index (χ3v) is 5.11. The summed E-state index contributed by atoms with van der Waals surface area (Å²) in [6.45, 7) is 5.32. The monoisotopic (exact) mass is 385 g/mol. The van der Waals surface area contributed by atoms with Crippen LogP contribution in [0.15, 0.2) is 72.2 Å². The van der Waals surface area contributed by atoms with Crippen LogP contribution in [-0.2, 0) is 23.1 Å². The molecule has 2 N–H and O–H groups in total. The minimum Gasteiger partial charge on any atom is -0.489 e. The smallest absolute Gasteiger partial charge is 0.191 e. The van der Waals surface area contributed by atoms with Crippen LogP contribution >= 0.6 is 0 Å². The van der Waals surface area contributed by atoms with Crippen LogP contribution in [0, 0.1) is 0 Å². The van der Waals surface area contributed by atoms with Crippen molar-refractivity contribution in [3.8, 4) is 5.75 Å². The Hall–Kier alpha value is -2.60. The Labute approximate surface area is 164 Å². The molecule has 27 heavy (non-hydrogen) atoms. The number of benzene rings is 2. The van der Waals surface area contributed by atoms with E-state index in [4.69, 9.17) is 4.74 Å². The van der Waals surface area contributed by atoms with Gasteiger partial charge >= 0.3 is 0 Å². The highest BCUT2D eigenvalue weighted by atomic mass is 32.2. The standard InChI is InChI=1S/C21H27N3O2S/c1-3-14-26-20-12-8-7-11-19(20)16-24-21(22-2)23-13-15-27(25)17-18-9-5-4-6-10-18/h3-12H,1,13-17H2,2H3,(H2,22,23,24). The van der Waals surface area contributed by atoms with Gasteiger partial charge in [-0.05, 0) is 11.6 Å². The molecule has 0 saturated carbocycles. The number of ether oxygens (including phenoxy) is 1. The van der Waals surface area contributed by atoms with Crippen LogP contribution in [0.25, 0.3) is 0 Å². The van der Waals surface area contributed by atoms with Gasteiger partial charge in [0.05, 0.1) is 0 Å². The predicted octanol–water partition coefficient (Wildman–Crippen LogP) is 2.87. The van der Waals surface area contributed by atoms with Gasteiger partial charge in [0.1, 0.15) is 12.4 Å². The molecule has 0 amide bonds. The second-order valence-corrected chi connectivity index (χ2v) is 7.41. The highest BCUT2D eigenvalue weighted by Crippen LogP contribution is 2.17. The van der Waals surface area contributed by atoms with Crippen LogP contribution in [0.4, 0.5) is 0 Å². The van der Waals surface area contributed by atoms with Crippen molar-refractivity contribution in [3.63, 3.8) is 0 Å². The fourth-order valence-corrected chi connectivity index (χ4v) is 3.49. The summed E-state index contributed by atoms with van der Waals surface area (Å²) in [5.41, 5.74) is 2.13. The van der Waals surface area contributed by atoms with Crippen molar-refractivity contribution in [2.24, 2.45) is 4.99 Å². The molecule has 5 nitrogen and oxygen atoms in total. The Bertz CT molecular complexity index is 763. The zero-order valence-corrected chi connectivity index (χ0v) is 16.5. The average Bonchev–Trinajstić information content (AvgIpc) is 2.70. The molecular weight excluding hydrogens is 358 g/mol. The molecule has 0 heterocycles.